The number of hydrogen-bond donors (Lipinski definition) is 2. The van der Waals surface area contributed by atoms with Gasteiger partial charge in [-0.1, -0.05) is 32.9 Å². The molecule has 6 heteroatoms. The molecule has 5 nitrogen and oxygen atoms in total. The maximum atomic E-state index is 13.3. The third-order valence-corrected chi connectivity index (χ3v) is 4.84. The minimum absolute atomic E-state index is 0.0625. The van der Waals surface area contributed by atoms with Crippen LogP contribution in [-0.2, 0) is 6.42 Å². The second-order valence-electron chi connectivity index (χ2n) is 8.01. The highest BCUT2D eigenvalue weighted by atomic mass is 19.1. The van der Waals surface area contributed by atoms with Gasteiger partial charge in [-0.05, 0) is 42.0 Å². The number of halogens is 1. The van der Waals surface area contributed by atoms with E-state index in [1.807, 2.05) is 20.8 Å². The largest absolute Gasteiger partial charge is 0.345 e. The summed E-state index contributed by atoms with van der Waals surface area (Å²) in [5.74, 6) is -0.975. The number of rotatable bonds is 3. The standard InChI is InChI=1S/C21H23FN2O3/c1-21(2,3)18(12-7-9-13(22)10-8-12)24-20(27)15-11-14-16(23-19(15)26)5-4-6-17(14)25/h7-11,18H,4-6H2,1-3H3,(H,23,26)(H,24,27). The number of benzene rings is 1. The average molecular weight is 370 g/mol. The smallest absolute Gasteiger partial charge is 0.261 e. The Hall–Kier alpha value is -2.76. The molecule has 0 saturated heterocycles. The highest BCUT2D eigenvalue weighted by molar-refractivity contribution is 6.01. The van der Waals surface area contributed by atoms with E-state index >= 15 is 0 Å². The van der Waals surface area contributed by atoms with Crippen LogP contribution in [0.4, 0.5) is 4.39 Å². The summed E-state index contributed by atoms with van der Waals surface area (Å²) in [6.07, 6.45) is 1.74. The van der Waals surface area contributed by atoms with Crippen molar-refractivity contribution in [3.8, 4) is 0 Å². The van der Waals surface area contributed by atoms with Gasteiger partial charge in [0.15, 0.2) is 5.78 Å². The minimum Gasteiger partial charge on any atom is -0.345 e. The zero-order valence-electron chi connectivity index (χ0n) is 15.7. The Labute approximate surface area is 157 Å². The lowest BCUT2D eigenvalue weighted by Crippen LogP contribution is -2.39. The number of H-pyrrole nitrogens is 1. The van der Waals surface area contributed by atoms with E-state index in [9.17, 15) is 18.8 Å². The van der Waals surface area contributed by atoms with Gasteiger partial charge in [-0.15, -0.1) is 0 Å². The van der Waals surface area contributed by atoms with Crippen molar-refractivity contribution in [1.82, 2.24) is 10.3 Å². The van der Waals surface area contributed by atoms with Gasteiger partial charge >= 0.3 is 0 Å². The fraction of sp³-hybridized carbons (Fsp3) is 0.381. The van der Waals surface area contributed by atoms with Crippen LogP contribution < -0.4 is 10.9 Å². The van der Waals surface area contributed by atoms with Crippen molar-refractivity contribution < 1.29 is 14.0 Å². The number of amides is 1. The van der Waals surface area contributed by atoms with Crippen molar-refractivity contribution in [2.45, 2.75) is 46.1 Å². The lowest BCUT2D eigenvalue weighted by atomic mass is 9.82. The number of carbonyl (C=O) groups excluding carboxylic acids is 2. The Morgan fingerprint density at radius 2 is 1.81 bits per heavy atom. The van der Waals surface area contributed by atoms with Gasteiger partial charge in [-0.3, -0.25) is 14.4 Å². The molecule has 1 aliphatic rings. The van der Waals surface area contributed by atoms with Gasteiger partial charge in [0.1, 0.15) is 11.4 Å². The van der Waals surface area contributed by atoms with E-state index in [1.54, 1.807) is 12.1 Å². The van der Waals surface area contributed by atoms with E-state index in [0.717, 1.165) is 5.56 Å². The zero-order chi connectivity index (χ0) is 19.8. The molecule has 27 heavy (non-hydrogen) atoms. The van der Waals surface area contributed by atoms with Gasteiger partial charge in [0.05, 0.1) is 6.04 Å². The summed E-state index contributed by atoms with van der Waals surface area (Å²) in [5, 5.41) is 2.88. The number of hydrogen-bond acceptors (Lipinski definition) is 3. The second-order valence-corrected chi connectivity index (χ2v) is 8.01. The molecule has 3 rings (SSSR count). The molecule has 0 radical (unpaired) electrons. The molecule has 1 aromatic carbocycles. The van der Waals surface area contributed by atoms with Crippen LogP contribution in [-0.4, -0.2) is 16.7 Å². The quantitative estimate of drug-likeness (QED) is 0.867. The maximum absolute atomic E-state index is 13.3. The average Bonchev–Trinajstić information content (AvgIpc) is 2.59. The molecule has 1 aromatic heterocycles. The van der Waals surface area contributed by atoms with Gasteiger partial charge in [0, 0.05) is 17.7 Å². The molecule has 1 heterocycles. The summed E-state index contributed by atoms with van der Waals surface area (Å²) in [5.41, 5.74) is 0.791. The Morgan fingerprint density at radius 3 is 2.44 bits per heavy atom. The molecule has 0 spiro atoms. The van der Waals surface area contributed by atoms with E-state index in [-0.39, 0.29) is 22.6 Å². The minimum atomic E-state index is -0.554. The summed E-state index contributed by atoms with van der Waals surface area (Å²) in [4.78, 5) is 40.0. The van der Waals surface area contributed by atoms with Crippen molar-refractivity contribution in [1.29, 1.82) is 0 Å². The molecule has 0 aliphatic heterocycles. The summed E-state index contributed by atoms with van der Waals surface area (Å²) in [6, 6.07) is 6.87. The highest BCUT2D eigenvalue weighted by Crippen LogP contribution is 2.33. The highest BCUT2D eigenvalue weighted by Gasteiger charge is 2.30. The maximum Gasteiger partial charge on any atom is 0.261 e. The summed E-state index contributed by atoms with van der Waals surface area (Å²) >= 11 is 0. The Balaban J connectivity index is 1.95. The zero-order valence-corrected chi connectivity index (χ0v) is 15.7. The van der Waals surface area contributed by atoms with Crippen LogP contribution in [0.15, 0.2) is 35.1 Å². The van der Waals surface area contributed by atoms with E-state index in [4.69, 9.17) is 0 Å². The third kappa shape index (κ3) is 3.99. The Kier molecular flexibility index (Phi) is 5.00. The molecular formula is C21H23FN2O3. The Bertz CT molecular complexity index is 939. The molecule has 1 unspecified atom stereocenters. The van der Waals surface area contributed by atoms with Crippen LogP contribution in [0.2, 0.25) is 0 Å². The van der Waals surface area contributed by atoms with Gasteiger partial charge in [0.2, 0.25) is 0 Å². The molecule has 0 fully saturated rings. The fourth-order valence-electron chi connectivity index (χ4n) is 3.41. The molecular weight excluding hydrogens is 347 g/mol. The first-order valence-electron chi connectivity index (χ1n) is 9.02. The summed E-state index contributed by atoms with van der Waals surface area (Å²) in [6.45, 7) is 5.84. The molecule has 1 amide bonds. The number of ketones is 1. The lowest BCUT2D eigenvalue weighted by Gasteiger charge is -2.32. The first-order valence-corrected chi connectivity index (χ1v) is 9.02. The number of pyridine rings is 1. The van der Waals surface area contributed by atoms with E-state index in [0.29, 0.717) is 30.5 Å². The van der Waals surface area contributed by atoms with Crippen LogP contribution in [0, 0.1) is 11.2 Å². The number of fused-ring (bicyclic) bond motifs is 1. The first-order chi connectivity index (χ1) is 12.7. The van der Waals surface area contributed by atoms with Gasteiger partial charge in [0.25, 0.3) is 11.5 Å². The predicted octanol–water partition coefficient (Wildman–Crippen LogP) is 3.55. The number of aryl methyl sites for hydroxylation is 1. The van der Waals surface area contributed by atoms with Crippen LogP contribution in [0.1, 0.15) is 71.6 Å². The van der Waals surface area contributed by atoms with Crippen molar-refractivity contribution in [2.75, 3.05) is 0 Å². The molecule has 1 atom stereocenters. The molecule has 0 saturated carbocycles. The van der Waals surface area contributed by atoms with Gasteiger partial charge < -0.3 is 10.3 Å². The van der Waals surface area contributed by atoms with Crippen LogP contribution in [0.5, 0.6) is 0 Å². The summed E-state index contributed by atoms with van der Waals surface area (Å²) in [7, 11) is 0. The number of carbonyl (C=O) groups is 2. The van der Waals surface area contributed by atoms with Gasteiger partial charge in [-0.2, -0.15) is 0 Å². The lowest BCUT2D eigenvalue weighted by molar-refractivity contribution is 0.0900. The number of Topliss-reactive ketones (excluding diaryl/α,β-unsaturated/α-hetero) is 1. The number of aromatic amines is 1. The van der Waals surface area contributed by atoms with Crippen LogP contribution in [0.3, 0.4) is 0 Å². The molecule has 2 aromatic rings. The molecule has 142 valence electrons. The number of aromatic nitrogens is 1. The van der Waals surface area contributed by atoms with Crippen molar-refractivity contribution in [2.24, 2.45) is 5.41 Å². The van der Waals surface area contributed by atoms with Crippen LogP contribution in [0.25, 0.3) is 0 Å². The third-order valence-electron chi connectivity index (χ3n) is 4.84. The fourth-order valence-corrected chi connectivity index (χ4v) is 3.41. The Morgan fingerprint density at radius 1 is 1.15 bits per heavy atom. The summed E-state index contributed by atoms with van der Waals surface area (Å²) < 4.78 is 13.3. The van der Waals surface area contributed by atoms with Crippen molar-refractivity contribution in [3.05, 3.63) is 68.9 Å². The monoisotopic (exact) mass is 370 g/mol. The van der Waals surface area contributed by atoms with E-state index in [1.165, 1.54) is 18.2 Å². The molecule has 0 bridgehead atoms. The van der Waals surface area contributed by atoms with Gasteiger partial charge in [-0.25, -0.2) is 4.39 Å². The number of nitrogens with one attached hydrogen (secondary N) is 2. The SMILES string of the molecule is CC(C)(C)C(NC(=O)c1cc2c([nH]c1=O)CCCC2=O)c1ccc(F)cc1. The predicted molar refractivity (Wildman–Crippen MR) is 100 cm³/mol. The molecule has 2 N–H and O–H groups in total. The second kappa shape index (κ2) is 7.10. The van der Waals surface area contributed by atoms with Crippen LogP contribution >= 0.6 is 0 Å². The van der Waals surface area contributed by atoms with Crippen molar-refractivity contribution in [3.63, 3.8) is 0 Å². The normalized spacial score (nSPS) is 15.2. The molecule has 1 aliphatic carbocycles. The topological polar surface area (TPSA) is 79.0 Å². The first kappa shape index (κ1) is 19.0. The van der Waals surface area contributed by atoms with E-state index in [2.05, 4.69) is 10.3 Å². The van der Waals surface area contributed by atoms with Crippen molar-refractivity contribution >= 4 is 11.7 Å². The van der Waals surface area contributed by atoms with E-state index < -0.39 is 17.5 Å².